The average molecular weight is 655 g/mol. The quantitative estimate of drug-likeness (QED) is 0.198. The van der Waals surface area contributed by atoms with Crippen LogP contribution < -0.4 is 4.90 Å². The number of anilines is 1. The molecule has 0 saturated carbocycles. The normalized spacial score (nSPS) is 17.8. The van der Waals surface area contributed by atoms with Crippen molar-refractivity contribution in [2.75, 3.05) is 24.7 Å². The molecule has 2 fully saturated rings. The van der Waals surface area contributed by atoms with Gasteiger partial charge in [0.05, 0.1) is 6.54 Å². The number of carbonyl (C=O) groups excluding carboxylic acids is 1. The Hall–Kier alpha value is -4.08. The van der Waals surface area contributed by atoms with Crippen molar-refractivity contribution < 1.29 is 54.9 Å². The number of phenols is 1. The van der Waals surface area contributed by atoms with Crippen molar-refractivity contribution in [2.24, 2.45) is 0 Å². The highest BCUT2D eigenvalue weighted by Crippen LogP contribution is 2.35. The molecule has 0 unspecified atom stereocenters. The highest BCUT2D eigenvalue weighted by Gasteiger charge is 2.45. The van der Waals surface area contributed by atoms with E-state index in [1.807, 2.05) is 12.1 Å². The number of carboxylic acids is 1. The maximum Gasteiger partial charge on any atom is 0.339 e. The molecule has 0 bridgehead atoms. The SMILES string of the molecule is O=C(O)c1ccc(N(Cc2ccc(C3CCOCC3)cc2)C(=O)[C@H]2CCCN2S(=O)(=O)c2c(F)c(F)c(F)c(F)c2F)cc1O. The van der Waals surface area contributed by atoms with E-state index in [1.165, 1.54) is 6.07 Å². The number of sulfonamides is 1. The first-order valence-corrected chi connectivity index (χ1v) is 15.3. The van der Waals surface area contributed by atoms with E-state index in [9.17, 15) is 50.2 Å². The molecule has 2 N–H and O–H groups in total. The Morgan fingerprint density at radius 3 is 2.07 bits per heavy atom. The number of aromatic hydroxyl groups is 1. The lowest BCUT2D eigenvalue weighted by Crippen LogP contribution is -2.48. The van der Waals surface area contributed by atoms with Crippen molar-refractivity contribution in [3.63, 3.8) is 0 Å². The van der Waals surface area contributed by atoms with Gasteiger partial charge in [0.1, 0.15) is 17.4 Å². The molecule has 0 spiro atoms. The lowest BCUT2D eigenvalue weighted by atomic mass is 9.91. The van der Waals surface area contributed by atoms with Crippen LogP contribution in [0.2, 0.25) is 0 Å². The maximum atomic E-state index is 14.6. The van der Waals surface area contributed by atoms with Crippen LogP contribution in [0.5, 0.6) is 5.75 Å². The molecule has 240 valence electrons. The predicted octanol–water partition coefficient (Wildman–Crippen LogP) is 5.07. The Labute approximate surface area is 254 Å². The summed E-state index contributed by atoms with van der Waals surface area (Å²) in [5.74, 6) is -15.3. The van der Waals surface area contributed by atoms with Crippen LogP contribution in [0.3, 0.4) is 0 Å². The Morgan fingerprint density at radius 1 is 0.889 bits per heavy atom. The van der Waals surface area contributed by atoms with E-state index in [-0.39, 0.29) is 31.0 Å². The molecule has 1 atom stereocenters. The summed E-state index contributed by atoms with van der Waals surface area (Å²) in [6.07, 6.45) is 1.51. The zero-order valence-electron chi connectivity index (χ0n) is 23.5. The number of rotatable bonds is 8. The lowest BCUT2D eigenvalue weighted by molar-refractivity contribution is -0.121. The Kier molecular flexibility index (Phi) is 9.14. The monoisotopic (exact) mass is 654 g/mol. The summed E-state index contributed by atoms with van der Waals surface area (Å²) in [4.78, 5) is 24.5. The van der Waals surface area contributed by atoms with E-state index in [2.05, 4.69) is 0 Å². The second-order valence-electron chi connectivity index (χ2n) is 10.7. The summed E-state index contributed by atoms with van der Waals surface area (Å²) in [5.41, 5.74) is 1.10. The molecule has 15 heteroatoms. The molecule has 9 nitrogen and oxygen atoms in total. The van der Waals surface area contributed by atoms with Crippen molar-refractivity contribution in [1.82, 2.24) is 4.31 Å². The van der Waals surface area contributed by atoms with Crippen LogP contribution in [0.4, 0.5) is 27.6 Å². The first-order chi connectivity index (χ1) is 21.3. The summed E-state index contributed by atoms with van der Waals surface area (Å²) in [6, 6.07) is 8.85. The van der Waals surface area contributed by atoms with Gasteiger partial charge in [-0.3, -0.25) is 4.79 Å². The molecule has 3 aromatic carbocycles. The zero-order valence-corrected chi connectivity index (χ0v) is 24.3. The van der Waals surface area contributed by atoms with Gasteiger partial charge in [-0.05, 0) is 54.9 Å². The molecule has 2 aliphatic rings. The molecule has 5 rings (SSSR count). The fourth-order valence-electron chi connectivity index (χ4n) is 5.66. The predicted molar refractivity (Wildman–Crippen MR) is 149 cm³/mol. The van der Waals surface area contributed by atoms with E-state index in [0.717, 1.165) is 35.4 Å². The summed E-state index contributed by atoms with van der Waals surface area (Å²) in [5, 5.41) is 19.7. The Balaban J connectivity index is 1.52. The number of amides is 1. The third-order valence-electron chi connectivity index (χ3n) is 8.03. The van der Waals surface area contributed by atoms with Crippen LogP contribution in [-0.4, -0.2) is 60.6 Å². The third-order valence-corrected chi connectivity index (χ3v) is 9.96. The van der Waals surface area contributed by atoms with Crippen molar-refractivity contribution in [3.05, 3.63) is 88.2 Å². The summed E-state index contributed by atoms with van der Waals surface area (Å²) >= 11 is 0. The highest BCUT2D eigenvalue weighted by molar-refractivity contribution is 7.89. The number of carboxylic acid groups (broad SMARTS) is 1. The van der Waals surface area contributed by atoms with Gasteiger partial charge in [0, 0.05) is 31.5 Å². The van der Waals surface area contributed by atoms with Crippen molar-refractivity contribution in [2.45, 2.75) is 49.1 Å². The molecule has 2 saturated heterocycles. The van der Waals surface area contributed by atoms with E-state index < -0.39 is 79.8 Å². The molecule has 2 heterocycles. The van der Waals surface area contributed by atoms with E-state index >= 15 is 0 Å². The summed E-state index contributed by atoms with van der Waals surface area (Å²) in [7, 11) is -5.44. The van der Waals surface area contributed by atoms with Crippen molar-refractivity contribution in [1.29, 1.82) is 0 Å². The molecular weight excluding hydrogens is 627 g/mol. The molecule has 0 aliphatic carbocycles. The minimum atomic E-state index is -5.44. The van der Waals surface area contributed by atoms with Crippen LogP contribution in [0, 0.1) is 29.1 Å². The fourth-order valence-corrected chi connectivity index (χ4v) is 7.42. The van der Waals surface area contributed by atoms with Gasteiger partial charge in [0.15, 0.2) is 28.2 Å². The molecule has 2 aliphatic heterocycles. The molecule has 0 aromatic heterocycles. The highest BCUT2D eigenvalue weighted by atomic mass is 32.2. The van der Waals surface area contributed by atoms with Crippen LogP contribution in [0.25, 0.3) is 0 Å². The summed E-state index contributed by atoms with van der Waals surface area (Å²) < 4.78 is 103. The number of nitrogens with zero attached hydrogens (tertiary/aromatic N) is 2. The van der Waals surface area contributed by atoms with E-state index in [4.69, 9.17) is 4.74 Å². The molecule has 3 aromatic rings. The number of hydrogen-bond donors (Lipinski definition) is 2. The largest absolute Gasteiger partial charge is 0.507 e. The van der Waals surface area contributed by atoms with Crippen LogP contribution >= 0.6 is 0 Å². The standard InChI is InChI=1S/C30H27F5N2O7S/c31-23-24(32)26(34)28(27(35)25(23)33)45(42,43)37-11-1-2-21(37)29(39)36(19-7-8-20(30(40)41)22(38)14-19)15-16-3-5-17(6-4-16)18-9-12-44-13-10-18/h3-8,14,18,21,38H,1-2,9-13,15H2,(H,40,41)/t21-/m1/s1. The number of ether oxygens (including phenoxy) is 1. The number of benzene rings is 3. The van der Waals surface area contributed by atoms with Crippen molar-refractivity contribution in [3.8, 4) is 5.75 Å². The van der Waals surface area contributed by atoms with Gasteiger partial charge in [0.2, 0.25) is 21.7 Å². The summed E-state index contributed by atoms with van der Waals surface area (Å²) in [6.45, 7) is 0.577. The number of halogens is 5. The van der Waals surface area contributed by atoms with E-state index in [1.54, 1.807) is 12.1 Å². The van der Waals surface area contributed by atoms with Gasteiger partial charge in [-0.25, -0.2) is 35.2 Å². The molecule has 1 amide bonds. The first-order valence-electron chi connectivity index (χ1n) is 13.9. The zero-order chi connectivity index (χ0) is 32.6. The smallest absolute Gasteiger partial charge is 0.339 e. The van der Waals surface area contributed by atoms with Gasteiger partial charge in [-0.2, -0.15) is 4.31 Å². The lowest BCUT2D eigenvalue weighted by Gasteiger charge is -2.30. The first kappa shape index (κ1) is 32.3. The van der Waals surface area contributed by atoms with E-state index in [0.29, 0.717) is 23.1 Å². The number of carbonyl (C=O) groups is 2. The average Bonchev–Trinajstić information content (AvgIpc) is 3.53. The fraction of sp³-hybridized carbons (Fsp3) is 0.333. The third kappa shape index (κ3) is 6.11. The van der Waals surface area contributed by atoms with Crippen LogP contribution in [0.15, 0.2) is 47.4 Å². The molecule has 45 heavy (non-hydrogen) atoms. The van der Waals surface area contributed by atoms with Crippen LogP contribution in [0.1, 0.15) is 53.1 Å². The van der Waals surface area contributed by atoms with Gasteiger partial charge in [0.25, 0.3) is 0 Å². The van der Waals surface area contributed by atoms with Crippen molar-refractivity contribution >= 4 is 27.6 Å². The minimum Gasteiger partial charge on any atom is -0.507 e. The minimum absolute atomic E-state index is 0.0157. The Bertz CT molecular complexity index is 1720. The van der Waals surface area contributed by atoms with Gasteiger partial charge in [-0.1, -0.05) is 24.3 Å². The topological polar surface area (TPSA) is 124 Å². The second-order valence-corrected chi connectivity index (χ2v) is 12.6. The van der Waals surface area contributed by atoms with Gasteiger partial charge in [-0.15, -0.1) is 0 Å². The molecular formula is C30H27F5N2O7S. The number of aromatic carboxylic acids is 1. The van der Waals surface area contributed by atoms with Crippen LogP contribution in [-0.2, 0) is 26.1 Å². The number of hydrogen-bond acceptors (Lipinski definition) is 6. The second kappa shape index (κ2) is 12.7. The Morgan fingerprint density at radius 2 is 1.49 bits per heavy atom. The van der Waals surface area contributed by atoms with Gasteiger partial charge >= 0.3 is 5.97 Å². The van der Waals surface area contributed by atoms with Gasteiger partial charge < -0.3 is 19.8 Å². The maximum absolute atomic E-state index is 14.6. The molecule has 0 radical (unpaired) electrons.